The topological polar surface area (TPSA) is 132 Å². The first-order valence-corrected chi connectivity index (χ1v) is 11.4. The molecule has 180 valence electrons. The summed E-state index contributed by atoms with van der Waals surface area (Å²) < 4.78 is 61.5. The molecular weight excluding hydrogens is 482 g/mol. The summed E-state index contributed by atoms with van der Waals surface area (Å²) in [5, 5.41) is 14.3. The van der Waals surface area contributed by atoms with Crippen molar-refractivity contribution >= 4 is 21.5 Å². The molecule has 0 unspecified atom stereocenters. The van der Waals surface area contributed by atoms with Crippen LogP contribution in [0.4, 0.5) is 14.5 Å². The second kappa shape index (κ2) is 8.90. The first-order chi connectivity index (χ1) is 16.5. The molecule has 4 rings (SSSR count). The molecule has 3 aromatic heterocycles. The number of imidazole rings is 1. The van der Waals surface area contributed by atoms with Crippen molar-refractivity contribution in [2.24, 2.45) is 0 Å². The van der Waals surface area contributed by atoms with E-state index in [0.29, 0.717) is 17.3 Å². The van der Waals surface area contributed by atoms with Crippen LogP contribution < -0.4 is 9.46 Å². The normalized spacial score (nSPS) is 11.7. The fraction of sp³-hybridized carbons (Fsp3) is 0.182. The van der Waals surface area contributed by atoms with Gasteiger partial charge in [0, 0.05) is 17.8 Å². The number of ether oxygens (including phenoxy) is 1. The minimum atomic E-state index is -4.45. The first-order valence-electron chi connectivity index (χ1n) is 9.95. The smallest absolute Gasteiger partial charge is 0.264 e. The van der Waals surface area contributed by atoms with Gasteiger partial charge in [-0.25, -0.2) is 32.2 Å². The van der Waals surface area contributed by atoms with Crippen LogP contribution in [0.3, 0.4) is 0 Å². The summed E-state index contributed by atoms with van der Waals surface area (Å²) in [4.78, 5) is 11.7. The number of pyridine rings is 1. The number of rotatable bonds is 5. The molecule has 0 amide bonds. The van der Waals surface area contributed by atoms with Gasteiger partial charge in [-0.15, -0.1) is 0 Å². The number of hydrogen-bond donors (Lipinski definition) is 2. The maximum absolute atomic E-state index is 14.1. The summed E-state index contributed by atoms with van der Waals surface area (Å²) in [6.45, 7) is 3.06. The maximum atomic E-state index is 14.1. The van der Waals surface area contributed by atoms with Crippen molar-refractivity contribution in [3.63, 3.8) is 0 Å². The second-order valence-electron chi connectivity index (χ2n) is 7.77. The van der Waals surface area contributed by atoms with E-state index >= 15 is 0 Å². The number of aliphatic hydroxyl groups is 1. The van der Waals surface area contributed by atoms with Crippen molar-refractivity contribution in [3.05, 3.63) is 60.2 Å². The molecule has 1 aromatic carbocycles. The molecule has 0 atom stereocenters. The fourth-order valence-corrected chi connectivity index (χ4v) is 4.04. The number of methoxy groups -OCH3 is 1. The van der Waals surface area contributed by atoms with Gasteiger partial charge >= 0.3 is 0 Å². The minimum absolute atomic E-state index is 0.0896. The largest absolute Gasteiger partial charge is 0.480 e. The Balaban J connectivity index is 1.75. The summed E-state index contributed by atoms with van der Waals surface area (Å²) in [5.41, 5.74) is -0.350. The van der Waals surface area contributed by atoms with Gasteiger partial charge in [-0.05, 0) is 38.0 Å². The number of sulfonamides is 1. The van der Waals surface area contributed by atoms with Crippen LogP contribution in [-0.4, -0.2) is 50.8 Å². The molecule has 3 heterocycles. The number of aromatic nitrogens is 5. The quantitative estimate of drug-likeness (QED) is 0.400. The molecule has 0 spiro atoms. The van der Waals surface area contributed by atoms with Gasteiger partial charge in [0.15, 0.2) is 0 Å². The van der Waals surface area contributed by atoms with E-state index in [1.54, 1.807) is 0 Å². The Bertz CT molecular complexity index is 1600. The maximum Gasteiger partial charge on any atom is 0.264 e. The number of nitrogens with zero attached hydrogens (tertiary/aromatic N) is 5. The molecule has 13 heteroatoms. The molecule has 4 aromatic rings. The third-order valence-electron chi connectivity index (χ3n) is 4.49. The van der Waals surface area contributed by atoms with Crippen LogP contribution in [0.15, 0.2) is 47.8 Å². The highest BCUT2D eigenvalue weighted by atomic mass is 32.2. The lowest BCUT2D eigenvalue weighted by atomic mass is 10.1. The SMILES string of the molecule is COc1ncc(-c2cnc3ncc(C#CC(C)(C)O)n3n2)cc1NS(=O)(=O)c1ccc(F)cc1F. The van der Waals surface area contributed by atoms with Gasteiger partial charge < -0.3 is 9.84 Å². The van der Waals surface area contributed by atoms with Gasteiger partial charge in [0.05, 0.1) is 19.5 Å². The summed E-state index contributed by atoms with van der Waals surface area (Å²) in [6, 6.07) is 3.48. The number of nitrogens with one attached hydrogen (secondary N) is 1. The number of halogens is 2. The van der Waals surface area contributed by atoms with Crippen molar-refractivity contribution in [3.8, 4) is 29.0 Å². The van der Waals surface area contributed by atoms with Crippen LogP contribution in [0.2, 0.25) is 0 Å². The lowest BCUT2D eigenvalue weighted by Crippen LogP contribution is -2.16. The number of anilines is 1. The Morgan fingerprint density at radius 1 is 1.11 bits per heavy atom. The van der Waals surface area contributed by atoms with Crippen LogP contribution >= 0.6 is 0 Å². The lowest BCUT2D eigenvalue weighted by molar-refractivity contribution is 0.143. The molecule has 10 nitrogen and oxygen atoms in total. The number of benzene rings is 1. The van der Waals surface area contributed by atoms with Gasteiger partial charge in [-0.2, -0.15) is 9.61 Å². The van der Waals surface area contributed by atoms with Gasteiger partial charge in [0.1, 0.15) is 39.2 Å². The summed E-state index contributed by atoms with van der Waals surface area (Å²) >= 11 is 0. The third-order valence-corrected chi connectivity index (χ3v) is 5.89. The zero-order valence-corrected chi connectivity index (χ0v) is 19.4. The van der Waals surface area contributed by atoms with Crippen molar-refractivity contribution in [2.75, 3.05) is 11.8 Å². The molecule has 2 N–H and O–H groups in total. The van der Waals surface area contributed by atoms with E-state index < -0.39 is 32.2 Å². The zero-order valence-electron chi connectivity index (χ0n) is 18.6. The van der Waals surface area contributed by atoms with Gasteiger partial charge in [0.2, 0.25) is 5.88 Å². The Hall–Kier alpha value is -4.15. The Labute approximate surface area is 198 Å². The fourth-order valence-electron chi connectivity index (χ4n) is 2.93. The predicted molar refractivity (Wildman–Crippen MR) is 121 cm³/mol. The van der Waals surface area contributed by atoms with Gasteiger partial charge in [-0.3, -0.25) is 4.72 Å². The minimum Gasteiger partial charge on any atom is -0.480 e. The Kier molecular flexibility index (Phi) is 6.10. The second-order valence-corrected chi connectivity index (χ2v) is 9.42. The highest BCUT2D eigenvalue weighted by Crippen LogP contribution is 2.30. The van der Waals surface area contributed by atoms with Crippen LogP contribution in [0.1, 0.15) is 19.5 Å². The third kappa shape index (κ3) is 5.18. The molecule has 0 aliphatic heterocycles. The summed E-state index contributed by atoms with van der Waals surface area (Å²) in [6.07, 6.45) is 4.22. The van der Waals surface area contributed by atoms with E-state index in [9.17, 15) is 22.3 Å². The van der Waals surface area contributed by atoms with E-state index in [0.717, 1.165) is 12.1 Å². The average molecular weight is 500 g/mol. The van der Waals surface area contributed by atoms with E-state index in [2.05, 4.69) is 36.6 Å². The van der Waals surface area contributed by atoms with Crippen LogP contribution in [0.5, 0.6) is 5.88 Å². The van der Waals surface area contributed by atoms with E-state index in [-0.39, 0.29) is 23.0 Å². The standard InChI is InChI=1S/C22H18F2N6O4S/c1-22(2,31)7-6-15-11-26-21-27-12-18(28-30(15)21)13-8-17(20(34-3)25-10-13)29-35(32,33)19-5-4-14(23)9-16(19)24/h4-5,8-12,29,31H,1-3H3. The van der Waals surface area contributed by atoms with Crippen LogP contribution in [0.25, 0.3) is 17.0 Å². The van der Waals surface area contributed by atoms with Crippen LogP contribution in [0, 0.1) is 23.5 Å². The predicted octanol–water partition coefficient (Wildman–Crippen LogP) is 2.40. The number of fused-ring (bicyclic) bond motifs is 1. The molecule has 0 bridgehead atoms. The molecule has 0 aliphatic carbocycles. The van der Waals surface area contributed by atoms with Crippen molar-refractivity contribution in [1.82, 2.24) is 24.6 Å². The van der Waals surface area contributed by atoms with Gasteiger partial charge in [0.25, 0.3) is 15.8 Å². The first kappa shape index (κ1) is 24.0. The molecule has 0 aliphatic rings. The molecule has 0 fully saturated rings. The lowest BCUT2D eigenvalue weighted by Gasteiger charge is -2.13. The Morgan fingerprint density at radius 2 is 1.86 bits per heavy atom. The highest BCUT2D eigenvalue weighted by Gasteiger charge is 2.22. The molecular formula is C22H18F2N6O4S. The molecule has 35 heavy (non-hydrogen) atoms. The summed E-state index contributed by atoms with van der Waals surface area (Å²) in [5.74, 6) is 3.45. The van der Waals surface area contributed by atoms with Crippen molar-refractivity contribution in [2.45, 2.75) is 24.3 Å². The van der Waals surface area contributed by atoms with Crippen molar-refractivity contribution < 1.29 is 27.0 Å². The number of hydrogen-bond acceptors (Lipinski definition) is 8. The van der Waals surface area contributed by atoms with Gasteiger partial charge in [-0.1, -0.05) is 5.92 Å². The van der Waals surface area contributed by atoms with E-state index in [4.69, 9.17) is 4.74 Å². The molecule has 0 radical (unpaired) electrons. The zero-order chi connectivity index (χ0) is 25.4. The monoisotopic (exact) mass is 500 g/mol. The average Bonchev–Trinajstić information content (AvgIpc) is 3.19. The van der Waals surface area contributed by atoms with Crippen LogP contribution in [-0.2, 0) is 10.0 Å². The summed E-state index contributed by atoms with van der Waals surface area (Å²) in [7, 11) is -3.17. The molecule has 0 saturated heterocycles. The van der Waals surface area contributed by atoms with E-state index in [1.165, 1.54) is 50.1 Å². The molecule has 0 saturated carbocycles. The highest BCUT2D eigenvalue weighted by molar-refractivity contribution is 7.92. The Morgan fingerprint density at radius 3 is 2.54 bits per heavy atom. The van der Waals surface area contributed by atoms with Crippen molar-refractivity contribution in [1.29, 1.82) is 0 Å². The van der Waals surface area contributed by atoms with E-state index in [1.807, 2.05) is 0 Å².